The van der Waals surface area contributed by atoms with Gasteiger partial charge in [0.1, 0.15) is 0 Å². The van der Waals surface area contributed by atoms with Crippen molar-refractivity contribution in [1.82, 2.24) is 5.32 Å². The quantitative estimate of drug-likeness (QED) is 0.0503. The first-order chi connectivity index (χ1) is 25.5. The van der Waals surface area contributed by atoms with Crippen molar-refractivity contribution in [3.8, 4) is 0 Å². The number of rotatable bonds is 38. The van der Waals surface area contributed by atoms with Crippen molar-refractivity contribution >= 4 is 11.9 Å². The largest absolute Gasteiger partial charge is 0.465 e. The Bertz CT molecular complexity index is 771. The molecule has 1 fully saturated rings. The molecule has 1 heterocycles. The number of carbonyl (C=O) groups is 2. The number of nitrogens with one attached hydrogen (secondary N) is 1. The molecule has 0 saturated carbocycles. The highest BCUT2D eigenvalue weighted by atomic mass is 16.5. The first kappa shape index (κ1) is 48.9. The molecule has 1 N–H and O–H groups in total. The van der Waals surface area contributed by atoms with Crippen LogP contribution >= 0.6 is 0 Å². The van der Waals surface area contributed by atoms with Crippen molar-refractivity contribution in [1.29, 1.82) is 0 Å². The highest BCUT2D eigenvalue weighted by molar-refractivity contribution is 5.69. The van der Waals surface area contributed by atoms with Crippen molar-refractivity contribution in [3.05, 3.63) is 0 Å². The zero-order valence-electron chi connectivity index (χ0n) is 35.3. The fourth-order valence-corrected chi connectivity index (χ4v) is 7.76. The van der Waals surface area contributed by atoms with Crippen LogP contribution in [-0.2, 0) is 23.8 Å². The van der Waals surface area contributed by atoms with Gasteiger partial charge in [0.2, 0.25) is 0 Å². The Hall–Kier alpha value is -1.14. The van der Waals surface area contributed by atoms with Gasteiger partial charge in [-0.25, -0.2) is 0 Å². The van der Waals surface area contributed by atoms with Gasteiger partial charge < -0.3 is 19.5 Å². The molecule has 52 heavy (non-hydrogen) atoms. The molecule has 308 valence electrons. The molecule has 0 amide bonds. The summed E-state index contributed by atoms with van der Waals surface area (Å²) in [6.07, 6.45) is 38.8. The lowest BCUT2D eigenvalue weighted by Gasteiger charge is -2.29. The van der Waals surface area contributed by atoms with Gasteiger partial charge in [-0.05, 0) is 77.0 Å². The second-order valence-corrected chi connectivity index (χ2v) is 16.5. The van der Waals surface area contributed by atoms with E-state index >= 15 is 0 Å². The molecule has 2 unspecified atom stereocenters. The van der Waals surface area contributed by atoms with Gasteiger partial charge >= 0.3 is 11.9 Å². The van der Waals surface area contributed by atoms with Crippen molar-refractivity contribution in [2.24, 2.45) is 5.92 Å². The zero-order valence-corrected chi connectivity index (χ0v) is 35.3. The molecule has 1 rings (SSSR count). The predicted octanol–water partition coefficient (Wildman–Crippen LogP) is 13.4. The topological polar surface area (TPSA) is 73.9 Å². The summed E-state index contributed by atoms with van der Waals surface area (Å²) >= 11 is 0. The monoisotopic (exact) mass is 736 g/mol. The van der Waals surface area contributed by atoms with Crippen LogP contribution in [0.4, 0.5) is 0 Å². The molecule has 0 radical (unpaired) electrons. The molecule has 1 saturated heterocycles. The minimum Gasteiger partial charge on any atom is -0.465 e. The second-order valence-electron chi connectivity index (χ2n) is 16.5. The molecular formula is C46H89NO5. The van der Waals surface area contributed by atoms with Gasteiger partial charge in [0.15, 0.2) is 0 Å². The highest BCUT2D eigenvalue weighted by Gasteiger charge is 2.18. The average molecular weight is 736 g/mol. The van der Waals surface area contributed by atoms with Crippen molar-refractivity contribution in [2.45, 2.75) is 258 Å². The van der Waals surface area contributed by atoms with E-state index in [1.807, 2.05) is 6.92 Å². The van der Waals surface area contributed by atoms with E-state index in [0.29, 0.717) is 37.5 Å². The van der Waals surface area contributed by atoms with Crippen LogP contribution in [0, 0.1) is 5.92 Å². The number of esters is 2. The fourth-order valence-electron chi connectivity index (χ4n) is 7.76. The van der Waals surface area contributed by atoms with Crippen LogP contribution in [-0.4, -0.2) is 49.9 Å². The Morgan fingerprint density at radius 3 is 1.50 bits per heavy atom. The summed E-state index contributed by atoms with van der Waals surface area (Å²) in [4.78, 5) is 25.0. The third-order valence-corrected chi connectivity index (χ3v) is 11.3. The molecule has 0 aliphatic carbocycles. The molecule has 2 atom stereocenters. The van der Waals surface area contributed by atoms with E-state index in [2.05, 4.69) is 26.1 Å². The van der Waals surface area contributed by atoms with E-state index in [9.17, 15) is 9.59 Å². The molecule has 0 spiro atoms. The van der Waals surface area contributed by atoms with Gasteiger partial charge in [-0.2, -0.15) is 0 Å². The van der Waals surface area contributed by atoms with Crippen molar-refractivity contribution in [3.63, 3.8) is 0 Å². The van der Waals surface area contributed by atoms with E-state index < -0.39 is 0 Å². The molecule has 1 aliphatic rings. The van der Waals surface area contributed by atoms with Gasteiger partial charge in [-0.1, -0.05) is 156 Å². The van der Waals surface area contributed by atoms with E-state index in [4.69, 9.17) is 14.2 Å². The van der Waals surface area contributed by atoms with Crippen molar-refractivity contribution in [2.75, 3.05) is 19.8 Å². The SMILES string of the molecule is CCCCCCCCC(C)OC(=O)CCCCCCC(CCCCCCC(=O)OCC(CCCCCCC)CCCCCCC)NC1CCOCC1. The van der Waals surface area contributed by atoms with E-state index in [-0.39, 0.29) is 18.0 Å². The van der Waals surface area contributed by atoms with Gasteiger partial charge in [-0.15, -0.1) is 0 Å². The van der Waals surface area contributed by atoms with Crippen LogP contribution in [0.3, 0.4) is 0 Å². The predicted molar refractivity (Wildman–Crippen MR) is 221 cm³/mol. The van der Waals surface area contributed by atoms with Gasteiger partial charge in [0.25, 0.3) is 0 Å². The maximum Gasteiger partial charge on any atom is 0.306 e. The maximum atomic E-state index is 12.6. The average Bonchev–Trinajstić information content (AvgIpc) is 3.14. The third-order valence-electron chi connectivity index (χ3n) is 11.3. The van der Waals surface area contributed by atoms with Crippen LogP contribution in [0.15, 0.2) is 0 Å². The zero-order chi connectivity index (χ0) is 37.7. The highest BCUT2D eigenvalue weighted by Crippen LogP contribution is 2.21. The molecular weight excluding hydrogens is 647 g/mol. The Balaban J connectivity index is 2.25. The molecule has 6 nitrogen and oxygen atoms in total. The van der Waals surface area contributed by atoms with E-state index in [1.165, 1.54) is 148 Å². The van der Waals surface area contributed by atoms with Crippen LogP contribution in [0.1, 0.15) is 240 Å². The molecule has 1 aliphatic heterocycles. The van der Waals surface area contributed by atoms with E-state index in [1.54, 1.807) is 0 Å². The summed E-state index contributed by atoms with van der Waals surface area (Å²) in [7, 11) is 0. The summed E-state index contributed by atoms with van der Waals surface area (Å²) in [6, 6.07) is 1.11. The molecule has 0 aromatic heterocycles. The van der Waals surface area contributed by atoms with Crippen LogP contribution in [0.25, 0.3) is 0 Å². The lowest BCUT2D eigenvalue weighted by Crippen LogP contribution is -2.41. The van der Waals surface area contributed by atoms with Crippen molar-refractivity contribution < 1.29 is 23.8 Å². The van der Waals surface area contributed by atoms with Gasteiger partial charge in [0, 0.05) is 38.1 Å². The number of hydrogen-bond acceptors (Lipinski definition) is 6. The molecule has 0 aromatic carbocycles. The maximum absolute atomic E-state index is 12.6. The first-order valence-corrected chi connectivity index (χ1v) is 23.2. The second kappa shape index (κ2) is 36.8. The lowest BCUT2D eigenvalue weighted by molar-refractivity contribution is -0.148. The number of ether oxygens (including phenoxy) is 3. The number of carbonyl (C=O) groups excluding carboxylic acids is 2. The molecule has 0 bridgehead atoms. The lowest BCUT2D eigenvalue weighted by atomic mass is 9.95. The standard InChI is InChI=1S/C46H89NO5/c1-5-8-11-14-17-22-29-41(4)52-46(49)35-28-21-19-26-33-43(47-44-36-38-50-39-37-44)32-25-18-20-27-34-45(48)51-40-42(30-23-15-12-9-6-2)31-24-16-13-10-7-3/h41-44,47H,5-40H2,1-4H3. The third kappa shape index (κ3) is 31.2. The smallest absolute Gasteiger partial charge is 0.306 e. The summed E-state index contributed by atoms with van der Waals surface area (Å²) in [5.41, 5.74) is 0. The summed E-state index contributed by atoms with van der Waals surface area (Å²) in [6.45, 7) is 11.2. The number of unbranched alkanes of at least 4 members (excludes halogenated alkanes) is 19. The molecule has 6 heteroatoms. The van der Waals surface area contributed by atoms with Crippen LogP contribution in [0.2, 0.25) is 0 Å². The molecule has 0 aromatic rings. The normalized spacial score (nSPS) is 14.9. The first-order valence-electron chi connectivity index (χ1n) is 23.2. The Kier molecular flexibility index (Phi) is 34.6. The summed E-state index contributed by atoms with van der Waals surface area (Å²) in [5, 5.41) is 3.97. The summed E-state index contributed by atoms with van der Waals surface area (Å²) < 4.78 is 17.1. The minimum atomic E-state index is -0.0173. The van der Waals surface area contributed by atoms with Gasteiger partial charge in [-0.3, -0.25) is 9.59 Å². The Morgan fingerprint density at radius 1 is 0.558 bits per heavy atom. The summed E-state index contributed by atoms with van der Waals surface area (Å²) in [5.74, 6) is 0.533. The van der Waals surface area contributed by atoms with E-state index in [0.717, 1.165) is 64.6 Å². The fraction of sp³-hybridized carbons (Fsp3) is 0.957. The Morgan fingerprint density at radius 2 is 0.981 bits per heavy atom. The minimum absolute atomic E-state index is 0.0111. The van der Waals surface area contributed by atoms with Crippen LogP contribution < -0.4 is 5.32 Å². The van der Waals surface area contributed by atoms with Gasteiger partial charge in [0.05, 0.1) is 12.7 Å². The Labute approximate surface area is 323 Å². The number of hydrogen-bond donors (Lipinski definition) is 1. The van der Waals surface area contributed by atoms with Crippen LogP contribution in [0.5, 0.6) is 0 Å².